The lowest BCUT2D eigenvalue weighted by atomic mass is 9.69. The summed E-state index contributed by atoms with van der Waals surface area (Å²) in [6.45, 7) is 4.44. The maximum atomic E-state index is 6.54. The normalized spacial score (nSPS) is 13.4. The number of benzene rings is 1. The molecule has 1 aromatic carbocycles. The first-order valence-electron chi connectivity index (χ1n) is 7.06. The maximum absolute atomic E-state index is 6.54. The summed E-state index contributed by atoms with van der Waals surface area (Å²) >= 11 is 0. The molecule has 0 saturated carbocycles. The van der Waals surface area contributed by atoms with Gasteiger partial charge in [-0.2, -0.15) is 0 Å². The molecule has 2 N–H and O–H groups in total. The Bertz CT molecular complexity index is 471. The van der Waals surface area contributed by atoms with Gasteiger partial charge in [0.15, 0.2) is 0 Å². The van der Waals surface area contributed by atoms with Crippen LogP contribution in [0.5, 0.6) is 0 Å². The second kappa shape index (κ2) is 6.07. The van der Waals surface area contributed by atoms with E-state index in [1.807, 2.05) is 12.1 Å². The van der Waals surface area contributed by atoms with E-state index >= 15 is 0 Å². The number of nitrogens with two attached hydrogens (primary N) is 1. The highest BCUT2D eigenvalue weighted by atomic mass is 16.3. The molecular formula is C17H23NO. The zero-order chi connectivity index (χ0) is 13.7. The largest absolute Gasteiger partial charge is 0.469 e. The average molecular weight is 257 g/mol. The minimum absolute atomic E-state index is 0.0219. The highest BCUT2D eigenvalue weighted by molar-refractivity contribution is 5.28. The van der Waals surface area contributed by atoms with Crippen LogP contribution >= 0.6 is 0 Å². The summed E-state index contributed by atoms with van der Waals surface area (Å²) in [7, 11) is 0. The van der Waals surface area contributed by atoms with Crippen LogP contribution in [0, 0.1) is 0 Å². The number of hydrogen-bond donors (Lipinski definition) is 1. The lowest BCUT2D eigenvalue weighted by molar-refractivity contribution is 0.302. The predicted molar refractivity (Wildman–Crippen MR) is 79.1 cm³/mol. The topological polar surface area (TPSA) is 39.2 Å². The molecule has 102 valence electrons. The highest BCUT2D eigenvalue weighted by Crippen LogP contribution is 2.35. The summed E-state index contributed by atoms with van der Waals surface area (Å²) < 4.78 is 5.44. The molecule has 2 nitrogen and oxygen atoms in total. The molecule has 2 aromatic rings. The second-order valence-electron chi connectivity index (χ2n) is 5.12. The number of furan rings is 1. The van der Waals surface area contributed by atoms with Gasteiger partial charge in [-0.3, -0.25) is 0 Å². The summed E-state index contributed by atoms with van der Waals surface area (Å²) in [6, 6.07) is 14.6. The van der Waals surface area contributed by atoms with Crippen LogP contribution in [-0.4, -0.2) is 6.04 Å². The van der Waals surface area contributed by atoms with E-state index in [0.29, 0.717) is 0 Å². The first-order chi connectivity index (χ1) is 9.23. The van der Waals surface area contributed by atoms with Crippen LogP contribution in [0.15, 0.2) is 53.1 Å². The molecule has 0 aliphatic rings. The van der Waals surface area contributed by atoms with Crippen LogP contribution in [0.25, 0.3) is 0 Å². The first kappa shape index (κ1) is 13.9. The van der Waals surface area contributed by atoms with Crippen molar-refractivity contribution in [2.75, 3.05) is 0 Å². The summed E-state index contributed by atoms with van der Waals surface area (Å²) in [4.78, 5) is 0. The monoisotopic (exact) mass is 257 g/mol. The molecule has 0 radical (unpaired) electrons. The highest BCUT2D eigenvalue weighted by Gasteiger charge is 2.35. The molecular weight excluding hydrogens is 234 g/mol. The second-order valence-corrected chi connectivity index (χ2v) is 5.12. The molecule has 1 atom stereocenters. The van der Waals surface area contributed by atoms with Crippen LogP contribution in [0.4, 0.5) is 0 Å². The van der Waals surface area contributed by atoms with Crippen molar-refractivity contribution in [3.8, 4) is 0 Å². The Hall–Kier alpha value is -1.54. The molecule has 0 saturated heterocycles. The van der Waals surface area contributed by atoms with Gasteiger partial charge in [0.25, 0.3) is 0 Å². The molecule has 0 amide bonds. The Labute approximate surface area is 115 Å². The Morgan fingerprint density at radius 3 is 2.26 bits per heavy atom. The Morgan fingerprint density at radius 2 is 1.74 bits per heavy atom. The van der Waals surface area contributed by atoms with Crippen LogP contribution in [-0.2, 0) is 11.8 Å². The lowest BCUT2D eigenvalue weighted by Gasteiger charge is -2.38. The Balaban J connectivity index is 2.28. The molecule has 19 heavy (non-hydrogen) atoms. The van der Waals surface area contributed by atoms with Crippen LogP contribution in [0.3, 0.4) is 0 Å². The number of hydrogen-bond acceptors (Lipinski definition) is 2. The van der Waals surface area contributed by atoms with E-state index in [1.165, 1.54) is 5.56 Å². The molecule has 1 aromatic heterocycles. The molecule has 0 aliphatic heterocycles. The van der Waals surface area contributed by atoms with E-state index in [-0.39, 0.29) is 11.5 Å². The van der Waals surface area contributed by atoms with Gasteiger partial charge in [0, 0.05) is 17.9 Å². The van der Waals surface area contributed by atoms with E-state index in [0.717, 1.165) is 25.0 Å². The number of rotatable bonds is 6. The quantitative estimate of drug-likeness (QED) is 0.852. The summed E-state index contributed by atoms with van der Waals surface area (Å²) in [5.74, 6) is 0.967. The fourth-order valence-electron chi connectivity index (χ4n) is 3.01. The van der Waals surface area contributed by atoms with Crippen molar-refractivity contribution in [1.29, 1.82) is 0 Å². The summed E-state index contributed by atoms with van der Waals surface area (Å²) in [6.07, 6.45) is 4.57. The zero-order valence-corrected chi connectivity index (χ0v) is 11.8. The average Bonchev–Trinajstić information content (AvgIpc) is 2.95. The molecule has 2 heteroatoms. The fraction of sp³-hybridized carbons (Fsp3) is 0.412. The third-order valence-corrected chi connectivity index (χ3v) is 4.32. The molecule has 2 rings (SSSR count). The van der Waals surface area contributed by atoms with Crippen molar-refractivity contribution >= 4 is 0 Å². The fourth-order valence-corrected chi connectivity index (χ4v) is 3.01. The van der Waals surface area contributed by atoms with Crippen molar-refractivity contribution in [3.63, 3.8) is 0 Å². The van der Waals surface area contributed by atoms with E-state index in [1.54, 1.807) is 6.26 Å². The minimum atomic E-state index is 0.0219. The minimum Gasteiger partial charge on any atom is -0.469 e. The Kier molecular flexibility index (Phi) is 4.43. The van der Waals surface area contributed by atoms with Gasteiger partial charge in [0.1, 0.15) is 5.76 Å². The van der Waals surface area contributed by atoms with Crippen molar-refractivity contribution in [3.05, 3.63) is 60.1 Å². The van der Waals surface area contributed by atoms with Crippen molar-refractivity contribution in [1.82, 2.24) is 0 Å². The van der Waals surface area contributed by atoms with Gasteiger partial charge in [0.2, 0.25) is 0 Å². The van der Waals surface area contributed by atoms with Gasteiger partial charge >= 0.3 is 0 Å². The standard InChI is InChI=1S/C17H23NO/c1-3-17(4-2,14-9-6-5-7-10-14)16(18)13-15-11-8-12-19-15/h5-12,16H,3-4,13,18H2,1-2H3. The van der Waals surface area contributed by atoms with Crippen LogP contribution < -0.4 is 5.73 Å². The van der Waals surface area contributed by atoms with Gasteiger partial charge in [-0.1, -0.05) is 44.2 Å². The van der Waals surface area contributed by atoms with Gasteiger partial charge in [-0.05, 0) is 30.5 Å². The van der Waals surface area contributed by atoms with E-state index in [9.17, 15) is 0 Å². The van der Waals surface area contributed by atoms with Gasteiger partial charge in [-0.15, -0.1) is 0 Å². The lowest BCUT2D eigenvalue weighted by Crippen LogP contribution is -2.46. The predicted octanol–water partition coefficient (Wildman–Crippen LogP) is 3.91. The van der Waals surface area contributed by atoms with Gasteiger partial charge < -0.3 is 10.2 Å². The van der Waals surface area contributed by atoms with Gasteiger partial charge in [-0.25, -0.2) is 0 Å². The molecule has 0 spiro atoms. The van der Waals surface area contributed by atoms with E-state index in [2.05, 4.69) is 44.2 Å². The molecule has 0 aliphatic carbocycles. The van der Waals surface area contributed by atoms with Crippen molar-refractivity contribution < 1.29 is 4.42 Å². The zero-order valence-electron chi connectivity index (χ0n) is 11.8. The molecule has 0 bridgehead atoms. The van der Waals surface area contributed by atoms with Gasteiger partial charge in [0.05, 0.1) is 6.26 Å². The summed E-state index contributed by atoms with van der Waals surface area (Å²) in [5.41, 5.74) is 7.89. The third-order valence-electron chi connectivity index (χ3n) is 4.32. The summed E-state index contributed by atoms with van der Waals surface area (Å²) in [5, 5.41) is 0. The smallest absolute Gasteiger partial charge is 0.105 e. The SMILES string of the molecule is CCC(CC)(c1ccccc1)C(N)Cc1ccco1. The first-order valence-corrected chi connectivity index (χ1v) is 7.06. The van der Waals surface area contributed by atoms with Crippen molar-refractivity contribution in [2.24, 2.45) is 5.73 Å². The van der Waals surface area contributed by atoms with Crippen LogP contribution in [0.2, 0.25) is 0 Å². The molecule has 1 heterocycles. The molecule has 0 fully saturated rings. The maximum Gasteiger partial charge on any atom is 0.105 e. The third kappa shape index (κ3) is 2.74. The van der Waals surface area contributed by atoms with Crippen LogP contribution in [0.1, 0.15) is 38.0 Å². The van der Waals surface area contributed by atoms with Crippen molar-refractivity contribution in [2.45, 2.75) is 44.6 Å². The van der Waals surface area contributed by atoms with E-state index < -0.39 is 0 Å². The Morgan fingerprint density at radius 1 is 1.05 bits per heavy atom. The molecule has 1 unspecified atom stereocenters. The van der Waals surface area contributed by atoms with E-state index in [4.69, 9.17) is 10.2 Å².